The number of hydrogen-bond donors (Lipinski definition) is 0. The maximum Gasteiger partial charge on any atom is 0.181 e. The number of rotatable bonds is 7. The fourth-order valence-electron chi connectivity index (χ4n) is 3.97. The summed E-state index contributed by atoms with van der Waals surface area (Å²) in [6.45, 7) is 2.73. The van der Waals surface area contributed by atoms with Crippen molar-refractivity contribution < 1.29 is 4.74 Å². The fraction of sp³-hybridized carbons (Fsp3) is 0.185. The predicted octanol–water partition coefficient (Wildman–Crippen LogP) is 5.04. The van der Waals surface area contributed by atoms with Crippen LogP contribution in [0.15, 0.2) is 79.0 Å². The van der Waals surface area contributed by atoms with Crippen LogP contribution in [-0.4, -0.2) is 32.1 Å². The second-order valence-corrected chi connectivity index (χ2v) is 8.08. The Kier molecular flexibility index (Phi) is 5.81. The molecular formula is C27H25N5O. The Labute approximate surface area is 192 Å². The zero-order chi connectivity index (χ0) is 22.6. The van der Waals surface area contributed by atoms with E-state index in [1.54, 1.807) is 7.11 Å². The summed E-state index contributed by atoms with van der Waals surface area (Å²) in [4.78, 5) is 4.58. The molecule has 164 valence electrons. The maximum atomic E-state index is 5.25. The molecule has 5 rings (SSSR count). The molecule has 0 saturated carbocycles. The van der Waals surface area contributed by atoms with E-state index in [0.29, 0.717) is 12.4 Å². The van der Waals surface area contributed by atoms with E-state index in [9.17, 15) is 0 Å². The van der Waals surface area contributed by atoms with E-state index in [4.69, 9.17) is 9.84 Å². The number of aromatic nitrogens is 5. The SMILES string of the molecule is COc1ccc(Cn2nc(C)c3cc(-c4ncc(CCc5ccccc5)nn4)ccc32)cc1. The molecule has 0 bridgehead atoms. The Morgan fingerprint density at radius 2 is 1.67 bits per heavy atom. The highest BCUT2D eigenvalue weighted by molar-refractivity contribution is 5.86. The number of hydrogen-bond acceptors (Lipinski definition) is 5. The molecule has 0 aliphatic rings. The molecule has 0 N–H and O–H groups in total. The summed E-state index contributed by atoms with van der Waals surface area (Å²) in [7, 11) is 1.68. The van der Waals surface area contributed by atoms with Crippen LogP contribution in [0.3, 0.4) is 0 Å². The summed E-state index contributed by atoms with van der Waals surface area (Å²) in [5, 5.41) is 14.6. The Bertz CT molecular complexity index is 1360. The van der Waals surface area contributed by atoms with Crippen LogP contribution in [-0.2, 0) is 19.4 Å². The molecule has 33 heavy (non-hydrogen) atoms. The molecule has 0 radical (unpaired) electrons. The third-order valence-corrected chi connectivity index (χ3v) is 5.81. The summed E-state index contributed by atoms with van der Waals surface area (Å²) in [6, 6.07) is 24.7. The molecule has 0 saturated heterocycles. The zero-order valence-corrected chi connectivity index (χ0v) is 18.8. The van der Waals surface area contributed by atoms with Crippen LogP contribution in [0.1, 0.15) is 22.5 Å². The monoisotopic (exact) mass is 435 g/mol. The van der Waals surface area contributed by atoms with Gasteiger partial charge < -0.3 is 4.74 Å². The number of fused-ring (bicyclic) bond motifs is 1. The molecule has 0 atom stereocenters. The van der Waals surface area contributed by atoms with Gasteiger partial charge in [-0.25, -0.2) is 4.98 Å². The van der Waals surface area contributed by atoms with Gasteiger partial charge in [-0.2, -0.15) is 10.2 Å². The van der Waals surface area contributed by atoms with Gasteiger partial charge in [0, 0.05) is 10.9 Å². The minimum atomic E-state index is 0.627. The Morgan fingerprint density at radius 1 is 0.848 bits per heavy atom. The molecular weight excluding hydrogens is 410 g/mol. The van der Waals surface area contributed by atoms with Gasteiger partial charge in [0.05, 0.1) is 36.8 Å². The standard InChI is InChI=1S/C27H25N5O/c1-19-25-16-22(27-28-17-23(29-30-27)12-8-20-6-4-3-5-7-20)11-15-26(25)32(31-19)18-21-9-13-24(33-2)14-10-21/h3-7,9-11,13-17H,8,12,18H2,1-2H3. The van der Waals surface area contributed by atoms with Crippen LogP contribution in [0.5, 0.6) is 5.75 Å². The lowest BCUT2D eigenvalue weighted by atomic mass is 10.1. The Balaban J connectivity index is 1.34. The van der Waals surface area contributed by atoms with Crippen LogP contribution in [0, 0.1) is 6.92 Å². The first-order chi connectivity index (χ1) is 16.2. The van der Waals surface area contributed by atoms with Gasteiger partial charge >= 0.3 is 0 Å². The molecule has 0 spiro atoms. The van der Waals surface area contributed by atoms with Gasteiger partial charge in [0.2, 0.25) is 0 Å². The smallest absolute Gasteiger partial charge is 0.181 e. The molecule has 0 aliphatic heterocycles. The third kappa shape index (κ3) is 4.60. The molecule has 0 amide bonds. The lowest BCUT2D eigenvalue weighted by molar-refractivity contribution is 0.414. The van der Waals surface area contributed by atoms with E-state index in [0.717, 1.165) is 46.4 Å². The van der Waals surface area contributed by atoms with E-state index in [-0.39, 0.29) is 0 Å². The molecule has 0 aliphatic carbocycles. The highest BCUT2D eigenvalue weighted by Crippen LogP contribution is 2.25. The maximum absolute atomic E-state index is 5.25. The van der Waals surface area contributed by atoms with Crippen molar-refractivity contribution in [3.05, 3.63) is 102 Å². The summed E-state index contributed by atoms with van der Waals surface area (Å²) >= 11 is 0. The van der Waals surface area contributed by atoms with Gasteiger partial charge in [0.25, 0.3) is 0 Å². The topological polar surface area (TPSA) is 65.7 Å². The molecule has 2 aromatic heterocycles. The van der Waals surface area contributed by atoms with Gasteiger partial charge in [-0.3, -0.25) is 4.68 Å². The quantitative estimate of drug-likeness (QED) is 0.358. The van der Waals surface area contributed by atoms with Crippen LogP contribution in [0.4, 0.5) is 0 Å². The van der Waals surface area contributed by atoms with Crippen LogP contribution >= 0.6 is 0 Å². The van der Waals surface area contributed by atoms with Crippen molar-refractivity contribution in [2.75, 3.05) is 7.11 Å². The molecule has 3 aromatic carbocycles. The number of aryl methyl sites for hydroxylation is 3. The van der Waals surface area contributed by atoms with Crippen LogP contribution in [0.25, 0.3) is 22.3 Å². The third-order valence-electron chi connectivity index (χ3n) is 5.81. The minimum Gasteiger partial charge on any atom is -0.497 e. The van der Waals surface area contributed by atoms with Crippen LogP contribution in [0.2, 0.25) is 0 Å². The van der Waals surface area contributed by atoms with E-state index in [1.165, 1.54) is 11.1 Å². The average molecular weight is 436 g/mol. The number of benzene rings is 3. The summed E-state index contributed by atoms with van der Waals surface area (Å²) in [6.07, 6.45) is 3.57. The van der Waals surface area contributed by atoms with Crippen LogP contribution < -0.4 is 4.74 Å². The summed E-state index contributed by atoms with van der Waals surface area (Å²) in [5.74, 6) is 1.48. The fourth-order valence-corrected chi connectivity index (χ4v) is 3.97. The van der Waals surface area contributed by atoms with Crippen molar-refractivity contribution in [3.8, 4) is 17.1 Å². The van der Waals surface area contributed by atoms with E-state index in [2.05, 4.69) is 63.7 Å². The summed E-state index contributed by atoms with van der Waals surface area (Å²) < 4.78 is 7.28. The first-order valence-corrected chi connectivity index (χ1v) is 11.0. The van der Waals surface area contributed by atoms with E-state index >= 15 is 0 Å². The predicted molar refractivity (Wildman–Crippen MR) is 129 cm³/mol. The van der Waals surface area contributed by atoms with Crippen molar-refractivity contribution >= 4 is 10.9 Å². The van der Waals surface area contributed by atoms with Gasteiger partial charge in [-0.05, 0) is 61.2 Å². The molecule has 5 aromatic rings. The first-order valence-electron chi connectivity index (χ1n) is 11.0. The molecule has 6 heteroatoms. The largest absolute Gasteiger partial charge is 0.497 e. The first kappa shape index (κ1) is 20.8. The van der Waals surface area contributed by atoms with E-state index in [1.807, 2.05) is 42.1 Å². The molecule has 0 unspecified atom stereocenters. The molecule has 0 fully saturated rings. The lowest BCUT2D eigenvalue weighted by Crippen LogP contribution is -2.02. The second-order valence-electron chi connectivity index (χ2n) is 8.08. The normalized spacial score (nSPS) is 11.1. The zero-order valence-electron chi connectivity index (χ0n) is 18.8. The average Bonchev–Trinajstić information content (AvgIpc) is 3.18. The minimum absolute atomic E-state index is 0.627. The van der Waals surface area contributed by atoms with Crippen molar-refractivity contribution in [1.29, 1.82) is 0 Å². The van der Waals surface area contributed by atoms with Gasteiger partial charge in [-0.15, -0.1) is 5.10 Å². The lowest BCUT2D eigenvalue weighted by Gasteiger charge is -2.06. The molecule has 6 nitrogen and oxygen atoms in total. The van der Waals surface area contributed by atoms with Crippen molar-refractivity contribution in [2.45, 2.75) is 26.3 Å². The van der Waals surface area contributed by atoms with Crippen molar-refractivity contribution in [2.24, 2.45) is 0 Å². The molecule has 2 heterocycles. The van der Waals surface area contributed by atoms with Crippen molar-refractivity contribution in [3.63, 3.8) is 0 Å². The second kappa shape index (κ2) is 9.20. The highest BCUT2D eigenvalue weighted by atomic mass is 16.5. The number of methoxy groups -OCH3 is 1. The summed E-state index contributed by atoms with van der Waals surface area (Å²) in [5.41, 5.74) is 6.36. The van der Waals surface area contributed by atoms with Gasteiger partial charge in [0.15, 0.2) is 5.82 Å². The van der Waals surface area contributed by atoms with Crippen molar-refractivity contribution in [1.82, 2.24) is 25.0 Å². The van der Waals surface area contributed by atoms with Gasteiger partial charge in [-0.1, -0.05) is 42.5 Å². The number of ether oxygens (including phenoxy) is 1. The highest BCUT2D eigenvalue weighted by Gasteiger charge is 2.11. The number of nitrogens with zero attached hydrogens (tertiary/aromatic N) is 5. The Hall–Kier alpha value is -4.06. The van der Waals surface area contributed by atoms with E-state index < -0.39 is 0 Å². The Morgan fingerprint density at radius 3 is 2.39 bits per heavy atom. The van der Waals surface area contributed by atoms with Gasteiger partial charge in [0.1, 0.15) is 5.75 Å².